The number of aliphatic hydroxyl groups is 1. The van der Waals surface area contributed by atoms with Gasteiger partial charge in [0.1, 0.15) is 11.4 Å². The molecule has 28 heavy (non-hydrogen) atoms. The van der Waals surface area contributed by atoms with Crippen LogP contribution in [0.25, 0.3) is 6.08 Å². The molecule has 2 aliphatic rings. The Morgan fingerprint density at radius 2 is 2.14 bits per heavy atom. The second kappa shape index (κ2) is 6.56. The molecular formula is C16H17N3O8S. The van der Waals surface area contributed by atoms with Crippen LogP contribution < -0.4 is 5.73 Å². The predicted molar refractivity (Wildman–Crippen MR) is 93.1 cm³/mol. The lowest BCUT2D eigenvalue weighted by molar-refractivity contribution is -0.153. The van der Waals surface area contributed by atoms with E-state index in [0.717, 1.165) is 11.8 Å². The van der Waals surface area contributed by atoms with Crippen LogP contribution in [0, 0.1) is 0 Å². The molecular weight excluding hydrogens is 394 g/mol. The van der Waals surface area contributed by atoms with Gasteiger partial charge in [-0.3, -0.25) is 9.78 Å². The van der Waals surface area contributed by atoms with Crippen molar-refractivity contribution in [2.75, 3.05) is 6.61 Å². The topological polar surface area (TPSA) is 177 Å². The van der Waals surface area contributed by atoms with Crippen LogP contribution in [-0.2, 0) is 30.8 Å². The third-order valence-electron chi connectivity index (χ3n) is 4.87. The molecule has 0 bridgehead atoms. The first-order chi connectivity index (χ1) is 13.0. The predicted octanol–water partition coefficient (Wildman–Crippen LogP) is -1.14. The zero-order chi connectivity index (χ0) is 20.9. The molecule has 0 radical (unpaired) electrons. The van der Waals surface area contributed by atoms with E-state index >= 15 is 0 Å². The first-order valence-corrected chi connectivity index (χ1v) is 9.57. The minimum Gasteiger partial charge on any atom is -0.480 e. The maximum atomic E-state index is 13.1. The van der Waals surface area contributed by atoms with Crippen LogP contribution in [-0.4, -0.2) is 69.3 Å². The number of rotatable bonds is 5. The molecule has 2 fully saturated rings. The summed E-state index contributed by atoms with van der Waals surface area (Å²) in [6, 6.07) is 1.26. The van der Waals surface area contributed by atoms with Crippen LogP contribution in [0.3, 0.4) is 0 Å². The van der Waals surface area contributed by atoms with E-state index in [-0.39, 0.29) is 17.9 Å². The monoisotopic (exact) mass is 411 g/mol. The molecule has 1 aromatic rings. The van der Waals surface area contributed by atoms with Crippen molar-refractivity contribution in [3.8, 4) is 0 Å². The van der Waals surface area contributed by atoms with Gasteiger partial charge in [-0.05, 0) is 30.7 Å². The Kier molecular flexibility index (Phi) is 4.63. The van der Waals surface area contributed by atoms with Crippen molar-refractivity contribution >= 4 is 33.9 Å². The molecule has 2 aliphatic heterocycles. The van der Waals surface area contributed by atoms with Crippen molar-refractivity contribution in [3.63, 3.8) is 0 Å². The minimum atomic E-state index is -4.29. The average Bonchev–Trinajstić information content (AvgIpc) is 2.80. The third kappa shape index (κ3) is 2.72. The molecule has 11 nitrogen and oxygen atoms in total. The Morgan fingerprint density at radius 3 is 2.71 bits per heavy atom. The van der Waals surface area contributed by atoms with Gasteiger partial charge in [-0.1, -0.05) is 0 Å². The molecule has 4 N–H and O–H groups in total. The number of sulfone groups is 1. The molecule has 2 amide bonds. The normalized spacial score (nSPS) is 29.3. The summed E-state index contributed by atoms with van der Waals surface area (Å²) < 4.78 is 28.7. The number of nitrogens with zero attached hydrogens (tertiary/aromatic N) is 2. The number of ether oxygens (including phenoxy) is 1. The average molecular weight is 411 g/mol. The number of aliphatic carboxylic acids is 1. The van der Waals surface area contributed by atoms with E-state index in [0.29, 0.717) is 5.56 Å². The number of amides is 2. The molecule has 0 aromatic carbocycles. The Bertz CT molecular complexity index is 1000. The number of carboxylic acid groups (broad SMARTS) is 1. The maximum absolute atomic E-state index is 13.1. The van der Waals surface area contributed by atoms with Gasteiger partial charge in [-0.15, -0.1) is 0 Å². The number of nitrogens with two attached hydrogens (primary N) is 1. The fourth-order valence-corrected chi connectivity index (χ4v) is 5.72. The number of primary amides is 1. The van der Waals surface area contributed by atoms with Gasteiger partial charge in [-0.2, -0.15) is 0 Å². The summed E-state index contributed by atoms with van der Waals surface area (Å²) in [5.41, 5.74) is 5.47. The van der Waals surface area contributed by atoms with Crippen LogP contribution in [0.1, 0.15) is 18.2 Å². The summed E-state index contributed by atoms with van der Waals surface area (Å²) >= 11 is 0. The Hall–Kier alpha value is -2.99. The van der Waals surface area contributed by atoms with Crippen molar-refractivity contribution in [3.05, 3.63) is 35.2 Å². The first kappa shape index (κ1) is 19.8. The quantitative estimate of drug-likeness (QED) is 0.399. The van der Waals surface area contributed by atoms with Crippen molar-refractivity contribution in [2.24, 2.45) is 5.73 Å². The first-order valence-electron chi connectivity index (χ1n) is 8.03. The SMILES string of the molecule is C[C@]1(COC(N)=O)[C@H](C(=O)O)N2C(=O)C(=Cc3cc(CO)ccn3)[C@H]2S1(=O)=O. The molecule has 1 aromatic heterocycles. The van der Waals surface area contributed by atoms with E-state index in [1.165, 1.54) is 18.3 Å². The third-order valence-corrected chi connectivity index (χ3v) is 7.58. The van der Waals surface area contributed by atoms with E-state index < -0.39 is 50.6 Å². The van der Waals surface area contributed by atoms with E-state index in [2.05, 4.69) is 9.72 Å². The molecule has 2 saturated heterocycles. The Balaban J connectivity index is 2.06. The second-order valence-electron chi connectivity index (χ2n) is 6.62. The lowest BCUT2D eigenvalue weighted by atomic mass is 9.94. The fraction of sp³-hybridized carbons (Fsp3) is 0.375. The van der Waals surface area contributed by atoms with Crippen LogP contribution >= 0.6 is 0 Å². The van der Waals surface area contributed by atoms with E-state index in [1.807, 2.05) is 0 Å². The molecule has 12 heteroatoms. The summed E-state index contributed by atoms with van der Waals surface area (Å²) in [6.07, 6.45) is 1.36. The second-order valence-corrected chi connectivity index (χ2v) is 9.09. The number of hydrogen-bond donors (Lipinski definition) is 3. The van der Waals surface area contributed by atoms with Gasteiger partial charge in [0.25, 0.3) is 5.91 Å². The number of carbonyl (C=O) groups is 3. The summed E-state index contributed by atoms with van der Waals surface area (Å²) in [4.78, 5) is 40.0. The van der Waals surface area contributed by atoms with E-state index in [9.17, 15) is 33.0 Å². The largest absolute Gasteiger partial charge is 0.480 e. The number of carbonyl (C=O) groups excluding carboxylic acids is 2. The fourth-order valence-electron chi connectivity index (χ4n) is 3.44. The highest BCUT2D eigenvalue weighted by atomic mass is 32.2. The Morgan fingerprint density at radius 1 is 1.46 bits per heavy atom. The number of carboxylic acids is 1. The molecule has 0 saturated carbocycles. The molecule has 0 spiro atoms. The van der Waals surface area contributed by atoms with Crippen molar-refractivity contribution < 1.29 is 37.8 Å². The van der Waals surface area contributed by atoms with Crippen LogP contribution in [0.4, 0.5) is 4.79 Å². The smallest absolute Gasteiger partial charge is 0.404 e. The molecule has 0 aliphatic carbocycles. The van der Waals surface area contributed by atoms with Gasteiger partial charge < -0.3 is 25.6 Å². The number of pyridine rings is 1. The molecule has 3 rings (SSSR count). The summed E-state index contributed by atoms with van der Waals surface area (Å²) in [5, 5.41) is 17.2. The molecule has 150 valence electrons. The van der Waals surface area contributed by atoms with E-state index in [1.54, 1.807) is 6.07 Å². The zero-order valence-electron chi connectivity index (χ0n) is 14.6. The van der Waals surface area contributed by atoms with Gasteiger partial charge in [0.15, 0.2) is 21.3 Å². The van der Waals surface area contributed by atoms with Crippen LogP contribution in [0.15, 0.2) is 23.9 Å². The van der Waals surface area contributed by atoms with Gasteiger partial charge >= 0.3 is 12.1 Å². The number of aliphatic hydroxyl groups excluding tert-OH is 1. The summed E-state index contributed by atoms with van der Waals surface area (Å²) in [5.74, 6) is -2.32. The van der Waals surface area contributed by atoms with Crippen molar-refractivity contribution in [1.82, 2.24) is 9.88 Å². The van der Waals surface area contributed by atoms with Crippen LogP contribution in [0.2, 0.25) is 0 Å². The number of β-lactam (4-membered cyclic amide) rings is 1. The number of hydrogen-bond acceptors (Lipinski definition) is 8. The maximum Gasteiger partial charge on any atom is 0.404 e. The summed E-state index contributed by atoms with van der Waals surface area (Å²) in [7, 11) is -4.29. The van der Waals surface area contributed by atoms with Gasteiger partial charge in [0.05, 0.1) is 17.9 Å². The van der Waals surface area contributed by atoms with E-state index in [4.69, 9.17) is 5.73 Å². The minimum absolute atomic E-state index is 0.156. The highest BCUT2D eigenvalue weighted by molar-refractivity contribution is 7.94. The zero-order valence-corrected chi connectivity index (χ0v) is 15.4. The molecule has 0 unspecified atom stereocenters. The number of aromatic nitrogens is 1. The molecule has 3 heterocycles. The molecule has 3 atom stereocenters. The van der Waals surface area contributed by atoms with Crippen molar-refractivity contribution in [1.29, 1.82) is 0 Å². The van der Waals surface area contributed by atoms with Gasteiger partial charge in [0.2, 0.25) is 0 Å². The highest BCUT2D eigenvalue weighted by Crippen LogP contribution is 2.49. The highest BCUT2D eigenvalue weighted by Gasteiger charge is 2.72. The van der Waals surface area contributed by atoms with Crippen LogP contribution in [0.5, 0.6) is 0 Å². The van der Waals surface area contributed by atoms with Gasteiger partial charge in [-0.25, -0.2) is 18.0 Å². The number of fused-ring (bicyclic) bond motifs is 1. The Labute approximate surface area is 159 Å². The lowest BCUT2D eigenvalue weighted by Gasteiger charge is -2.37. The lowest BCUT2D eigenvalue weighted by Crippen LogP contribution is -2.59. The van der Waals surface area contributed by atoms with Crippen molar-refractivity contribution in [2.45, 2.75) is 29.7 Å². The standard InChI is InChI=1S/C16H17N3O8S/c1-16(7-27-15(17)24)11(14(22)23)19-12(21)10(13(19)28(16,25)26)5-9-4-8(6-20)2-3-18-9/h2-5,11,13,20H,6-7H2,1H3,(H2,17,24)(H,22,23)/t11-,13+,16-/m0/s1. The summed E-state index contributed by atoms with van der Waals surface area (Å²) in [6.45, 7) is 0.00939. The van der Waals surface area contributed by atoms with Gasteiger partial charge in [0, 0.05) is 6.20 Å².